The molecule has 1 rings (SSSR count). The smallest absolute Gasteiger partial charge is 0.310 e. The van der Waals surface area contributed by atoms with Gasteiger partial charge in [-0.1, -0.05) is 12.1 Å². The number of hydrogen-bond acceptors (Lipinski definition) is 3. The van der Waals surface area contributed by atoms with Crippen LogP contribution >= 0.6 is 0 Å². The Hall–Kier alpha value is -1.88. The lowest BCUT2D eigenvalue weighted by Crippen LogP contribution is -2.38. The number of benzene rings is 1. The normalized spacial score (nSPS) is 11.1. The zero-order valence-electron chi connectivity index (χ0n) is 10.4. The van der Waals surface area contributed by atoms with E-state index in [9.17, 15) is 9.59 Å². The average molecular weight is 251 g/mol. The quantitative estimate of drug-likeness (QED) is 0.729. The SMILES string of the molecule is CC(C)(CNC(=O)c1ccc(CO)cc1)C(=O)O. The van der Waals surface area contributed by atoms with Crippen LogP contribution in [0.3, 0.4) is 0 Å². The maximum absolute atomic E-state index is 11.7. The summed E-state index contributed by atoms with van der Waals surface area (Å²) in [6.07, 6.45) is 0. The second kappa shape index (κ2) is 5.64. The molecule has 5 nitrogen and oxygen atoms in total. The highest BCUT2D eigenvalue weighted by molar-refractivity contribution is 5.94. The van der Waals surface area contributed by atoms with Crippen molar-refractivity contribution in [2.24, 2.45) is 5.41 Å². The molecule has 1 aromatic carbocycles. The Balaban J connectivity index is 2.63. The van der Waals surface area contributed by atoms with E-state index in [4.69, 9.17) is 10.2 Å². The molecule has 0 aromatic heterocycles. The van der Waals surface area contributed by atoms with Gasteiger partial charge in [0, 0.05) is 12.1 Å². The van der Waals surface area contributed by atoms with Crippen molar-refractivity contribution in [2.75, 3.05) is 6.54 Å². The van der Waals surface area contributed by atoms with E-state index in [0.717, 1.165) is 5.56 Å². The first kappa shape index (κ1) is 14.2. The molecule has 0 atom stereocenters. The lowest BCUT2D eigenvalue weighted by molar-refractivity contribution is -0.146. The van der Waals surface area contributed by atoms with Crippen LogP contribution in [0.1, 0.15) is 29.8 Å². The third-order valence-electron chi connectivity index (χ3n) is 2.67. The summed E-state index contributed by atoms with van der Waals surface area (Å²) in [5.74, 6) is -1.28. The van der Waals surface area contributed by atoms with Crippen LogP contribution in [0.4, 0.5) is 0 Å². The summed E-state index contributed by atoms with van der Waals surface area (Å²) in [6, 6.07) is 6.48. The molecule has 1 aromatic rings. The number of rotatable bonds is 5. The van der Waals surface area contributed by atoms with Gasteiger partial charge in [-0.05, 0) is 31.5 Å². The Morgan fingerprint density at radius 3 is 2.22 bits per heavy atom. The predicted octanol–water partition coefficient (Wildman–Crippen LogP) is 1.02. The van der Waals surface area contributed by atoms with Crippen molar-refractivity contribution in [1.29, 1.82) is 0 Å². The van der Waals surface area contributed by atoms with Crippen LogP contribution in [0, 0.1) is 5.41 Å². The molecule has 18 heavy (non-hydrogen) atoms. The number of carbonyl (C=O) groups excluding carboxylic acids is 1. The molecule has 0 heterocycles. The van der Waals surface area contributed by atoms with Gasteiger partial charge in [-0.25, -0.2) is 0 Å². The molecule has 0 aliphatic heterocycles. The minimum absolute atomic E-state index is 0.0585. The minimum atomic E-state index is -0.999. The molecule has 0 fully saturated rings. The number of nitrogens with one attached hydrogen (secondary N) is 1. The van der Waals surface area contributed by atoms with Gasteiger partial charge in [0.1, 0.15) is 0 Å². The maximum atomic E-state index is 11.7. The molecule has 0 unspecified atom stereocenters. The van der Waals surface area contributed by atoms with Gasteiger partial charge in [-0.3, -0.25) is 9.59 Å². The van der Waals surface area contributed by atoms with E-state index >= 15 is 0 Å². The van der Waals surface area contributed by atoms with Crippen molar-refractivity contribution in [3.05, 3.63) is 35.4 Å². The van der Waals surface area contributed by atoms with Crippen molar-refractivity contribution in [1.82, 2.24) is 5.32 Å². The number of carbonyl (C=O) groups is 2. The number of aliphatic hydroxyl groups is 1. The van der Waals surface area contributed by atoms with Crippen LogP contribution in [-0.4, -0.2) is 28.6 Å². The molecule has 3 N–H and O–H groups in total. The third kappa shape index (κ3) is 3.56. The second-order valence-electron chi connectivity index (χ2n) is 4.73. The number of aliphatic carboxylic acids is 1. The zero-order valence-corrected chi connectivity index (χ0v) is 10.4. The average Bonchev–Trinajstić information content (AvgIpc) is 2.36. The highest BCUT2D eigenvalue weighted by Gasteiger charge is 2.27. The molecule has 0 aliphatic carbocycles. The monoisotopic (exact) mass is 251 g/mol. The molecule has 0 saturated heterocycles. The molecule has 0 spiro atoms. The summed E-state index contributed by atoms with van der Waals surface area (Å²) in [7, 11) is 0. The number of carboxylic acid groups (broad SMARTS) is 1. The molecule has 5 heteroatoms. The highest BCUT2D eigenvalue weighted by Crippen LogP contribution is 2.13. The van der Waals surface area contributed by atoms with Gasteiger partial charge in [-0.15, -0.1) is 0 Å². The molecule has 0 bridgehead atoms. The molecule has 0 saturated carbocycles. The van der Waals surface area contributed by atoms with Crippen LogP contribution in [0.5, 0.6) is 0 Å². The Bertz CT molecular complexity index is 437. The Morgan fingerprint density at radius 1 is 1.22 bits per heavy atom. The predicted molar refractivity (Wildman–Crippen MR) is 66.1 cm³/mol. The van der Waals surface area contributed by atoms with E-state index in [-0.39, 0.29) is 19.1 Å². The summed E-state index contributed by atoms with van der Waals surface area (Å²) in [4.78, 5) is 22.6. The minimum Gasteiger partial charge on any atom is -0.481 e. The van der Waals surface area contributed by atoms with Gasteiger partial charge in [0.25, 0.3) is 5.91 Å². The van der Waals surface area contributed by atoms with Gasteiger partial charge in [-0.2, -0.15) is 0 Å². The van der Waals surface area contributed by atoms with E-state index < -0.39 is 11.4 Å². The van der Waals surface area contributed by atoms with Crippen LogP contribution in [0.15, 0.2) is 24.3 Å². The summed E-state index contributed by atoms with van der Waals surface area (Å²) in [5.41, 5.74) is 0.159. The molecular weight excluding hydrogens is 234 g/mol. The van der Waals surface area contributed by atoms with E-state index in [0.29, 0.717) is 5.56 Å². The number of amides is 1. The van der Waals surface area contributed by atoms with Crippen LogP contribution in [0.25, 0.3) is 0 Å². The van der Waals surface area contributed by atoms with E-state index in [2.05, 4.69) is 5.32 Å². The van der Waals surface area contributed by atoms with Gasteiger partial charge in [0.05, 0.1) is 12.0 Å². The summed E-state index contributed by atoms with van der Waals surface area (Å²) in [6.45, 7) is 3.08. The first-order valence-electron chi connectivity index (χ1n) is 5.58. The van der Waals surface area contributed by atoms with Gasteiger partial charge in [0.15, 0.2) is 0 Å². The van der Waals surface area contributed by atoms with Crippen LogP contribution in [0.2, 0.25) is 0 Å². The van der Waals surface area contributed by atoms with E-state index in [1.807, 2.05) is 0 Å². The fourth-order valence-electron chi connectivity index (χ4n) is 1.24. The number of hydrogen-bond donors (Lipinski definition) is 3. The fourth-order valence-corrected chi connectivity index (χ4v) is 1.24. The van der Waals surface area contributed by atoms with Crippen molar-refractivity contribution in [3.8, 4) is 0 Å². The summed E-state index contributed by atoms with van der Waals surface area (Å²) in [5, 5.41) is 20.4. The Morgan fingerprint density at radius 2 is 1.78 bits per heavy atom. The summed E-state index contributed by atoms with van der Waals surface area (Å²) < 4.78 is 0. The van der Waals surface area contributed by atoms with Gasteiger partial charge >= 0.3 is 5.97 Å². The summed E-state index contributed by atoms with van der Waals surface area (Å²) >= 11 is 0. The van der Waals surface area contributed by atoms with Crippen molar-refractivity contribution >= 4 is 11.9 Å². The number of aliphatic hydroxyl groups excluding tert-OH is 1. The van der Waals surface area contributed by atoms with Gasteiger partial charge in [0.2, 0.25) is 0 Å². The molecule has 1 amide bonds. The highest BCUT2D eigenvalue weighted by atomic mass is 16.4. The third-order valence-corrected chi connectivity index (χ3v) is 2.67. The maximum Gasteiger partial charge on any atom is 0.310 e. The lowest BCUT2D eigenvalue weighted by atomic mass is 9.94. The first-order valence-corrected chi connectivity index (χ1v) is 5.58. The second-order valence-corrected chi connectivity index (χ2v) is 4.73. The molecule has 98 valence electrons. The van der Waals surface area contributed by atoms with Crippen molar-refractivity contribution < 1.29 is 19.8 Å². The van der Waals surface area contributed by atoms with Crippen LogP contribution in [-0.2, 0) is 11.4 Å². The number of carboxylic acids is 1. The van der Waals surface area contributed by atoms with Crippen LogP contribution < -0.4 is 5.32 Å². The molecular formula is C13H17NO4. The topological polar surface area (TPSA) is 86.6 Å². The fraction of sp³-hybridized carbons (Fsp3) is 0.385. The zero-order chi connectivity index (χ0) is 13.8. The van der Waals surface area contributed by atoms with Crippen molar-refractivity contribution in [3.63, 3.8) is 0 Å². The largest absolute Gasteiger partial charge is 0.481 e. The Kier molecular flexibility index (Phi) is 4.44. The Labute approximate surface area is 105 Å². The van der Waals surface area contributed by atoms with E-state index in [1.165, 1.54) is 0 Å². The first-order chi connectivity index (χ1) is 8.36. The lowest BCUT2D eigenvalue weighted by Gasteiger charge is -2.19. The van der Waals surface area contributed by atoms with E-state index in [1.54, 1.807) is 38.1 Å². The standard InChI is InChI=1S/C13H17NO4/c1-13(2,12(17)18)8-14-11(16)10-5-3-9(7-15)4-6-10/h3-6,15H,7-8H2,1-2H3,(H,14,16)(H,17,18). The molecule has 0 aliphatic rings. The van der Waals surface area contributed by atoms with Gasteiger partial charge < -0.3 is 15.5 Å². The van der Waals surface area contributed by atoms with Crippen molar-refractivity contribution in [2.45, 2.75) is 20.5 Å². The molecule has 0 radical (unpaired) electrons.